The predicted molar refractivity (Wildman–Crippen MR) is 72.1 cm³/mol. The summed E-state index contributed by atoms with van der Waals surface area (Å²) >= 11 is 0. The van der Waals surface area contributed by atoms with Crippen molar-refractivity contribution in [2.45, 2.75) is 45.1 Å². The molecule has 1 rings (SSSR count). The van der Waals surface area contributed by atoms with Gasteiger partial charge in [0, 0.05) is 6.04 Å². The molecule has 0 heterocycles. The molecule has 0 saturated heterocycles. The van der Waals surface area contributed by atoms with E-state index in [0.717, 1.165) is 5.57 Å². The van der Waals surface area contributed by atoms with Crippen LogP contribution in [0.15, 0.2) is 17.1 Å². The van der Waals surface area contributed by atoms with Crippen molar-refractivity contribution >= 4 is 5.96 Å². The van der Waals surface area contributed by atoms with Crippen LogP contribution in [0.1, 0.15) is 39.0 Å². The summed E-state index contributed by atoms with van der Waals surface area (Å²) in [5.74, 6) is 0.552. The lowest BCUT2D eigenvalue weighted by Crippen LogP contribution is -2.41. The van der Waals surface area contributed by atoms with Crippen LogP contribution >= 0.6 is 0 Å². The van der Waals surface area contributed by atoms with E-state index in [1.54, 1.807) is 0 Å². The highest BCUT2D eigenvalue weighted by Gasteiger charge is 2.12. The van der Waals surface area contributed by atoms with Gasteiger partial charge < -0.3 is 15.8 Å². The van der Waals surface area contributed by atoms with Gasteiger partial charge in [0.1, 0.15) is 0 Å². The summed E-state index contributed by atoms with van der Waals surface area (Å²) in [4.78, 5) is 4.24. The summed E-state index contributed by atoms with van der Waals surface area (Å²) in [5.41, 5.74) is 6.84. The van der Waals surface area contributed by atoms with Gasteiger partial charge in [0.15, 0.2) is 5.96 Å². The number of hydrogen-bond donors (Lipinski definition) is 2. The van der Waals surface area contributed by atoms with Crippen molar-refractivity contribution in [3.63, 3.8) is 0 Å². The van der Waals surface area contributed by atoms with Crippen molar-refractivity contribution in [2.24, 2.45) is 10.7 Å². The number of nitrogens with one attached hydrogen (secondary N) is 1. The molecule has 3 N–H and O–H groups in total. The van der Waals surface area contributed by atoms with E-state index in [1.807, 2.05) is 6.92 Å². The predicted octanol–water partition coefficient (Wildman–Crippen LogP) is 1.82. The maximum atomic E-state index is 5.81. The summed E-state index contributed by atoms with van der Waals surface area (Å²) in [6.45, 7) is 7.52. The van der Waals surface area contributed by atoms with E-state index in [4.69, 9.17) is 10.5 Å². The van der Waals surface area contributed by atoms with Crippen molar-refractivity contribution < 1.29 is 4.74 Å². The van der Waals surface area contributed by atoms with E-state index in [-0.39, 0.29) is 0 Å². The third-order valence-corrected chi connectivity index (χ3v) is 2.82. The lowest BCUT2D eigenvalue weighted by molar-refractivity contribution is 0.164. The van der Waals surface area contributed by atoms with E-state index in [2.05, 4.69) is 16.9 Å². The zero-order valence-electron chi connectivity index (χ0n) is 10.9. The maximum absolute atomic E-state index is 5.81. The Morgan fingerprint density at radius 1 is 1.41 bits per heavy atom. The third-order valence-electron chi connectivity index (χ3n) is 2.82. The summed E-state index contributed by atoms with van der Waals surface area (Å²) in [5, 5.41) is 3.27. The second-order valence-corrected chi connectivity index (χ2v) is 4.76. The van der Waals surface area contributed by atoms with Gasteiger partial charge in [-0.1, -0.05) is 31.4 Å². The second kappa shape index (κ2) is 8.12. The Kier molecular flexibility index (Phi) is 6.70. The highest BCUT2D eigenvalue weighted by Crippen LogP contribution is 2.16. The third kappa shape index (κ3) is 7.00. The molecular weight excluding hydrogens is 214 g/mol. The molecule has 0 atom stereocenters. The molecule has 0 bridgehead atoms. The summed E-state index contributed by atoms with van der Waals surface area (Å²) in [7, 11) is 0. The van der Waals surface area contributed by atoms with E-state index >= 15 is 0 Å². The molecule has 0 radical (unpaired) electrons. The average Bonchev–Trinajstić information content (AvgIpc) is 2.29. The van der Waals surface area contributed by atoms with Crippen molar-refractivity contribution in [1.29, 1.82) is 0 Å². The number of rotatable bonds is 6. The van der Waals surface area contributed by atoms with Crippen LogP contribution in [0.5, 0.6) is 0 Å². The number of nitrogens with zero attached hydrogens (tertiary/aromatic N) is 1. The van der Waals surface area contributed by atoms with Crippen molar-refractivity contribution in [1.82, 2.24) is 5.32 Å². The molecule has 0 aromatic carbocycles. The van der Waals surface area contributed by atoms with Gasteiger partial charge in [-0.3, -0.25) is 4.99 Å². The van der Waals surface area contributed by atoms with Gasteiger partial charge in [-0.05, 0) is 19.8 Å². The normalized spacial score (nSPS) is 18.1. The van der Waals surface area contributed by atoms with Gasteiger partial charge in [0.2, 0.25) is 0 Å². The number of ether oxygens (including phenoxy) is 1. The van der Waals surface area contributed by atoms with E-state index in [0.29, 0.717) is 31.8 Å². The standard InChI is InChI=1S/C13H25N3O/c1-11(2)10-17-9-8-15-13(14)16-12-6-4-3-5-7-12/h12H,1,3-10H2,2H3,(H3,14,15,16). The fourth-order valence-corrected chi connectivity index (χ4v) is 1.98. The lowest BCUT2D eigenvalue weighted by Gasteiger charge is -2.23. The minimum Gasteiger partial charge on any atom is -0.375 e. The molecule has 0 amide bonds. The van der Waals surface area contributed by atoms with Crippen molar-refractivity contribution in [3.8, 4) is 0 Å². The average molecular weight is 239 g/mol. The summed E-state index contributed by atoms with van der Waals surface area (Å²) < 4.78 is 5.35. The van der Waals surface area contributed by atoms with Gasteiger partial charge in [-0.15, -0.1) is 0 Å². The molecule has 1 fully saturated rings. The Hall–Kier alpha value is -1.03. The Morgan fingerprint density at radius 3 is 2.76 bits per heavy atom. The Labute approximate surface area is 104 Å². The number of nitrogens with two attached hydrogens (primary N) is 1. The van der Waals surface area contributed by atoms with Crippen LogP contribution < -0.4 is 11.1 Å². The number of hydrogen-bond acceptors (Lipinski definition) is 2. The molecule has 1 saturated carbocycles. The quantitative estimate of drug-likeness (QED) is 0.322. The first-order chi connectivity index (χ1) is 8.18. The SMILES string of the molecule is C=C(C)COCCN=C(N)NC1CCCCC1. The van der Waals surface area contributed by atoms with Gasteiger partial charge in [-0.2, -0.15) is 0 Å². The first-order valence-electron chi connectivity index (χ1n) is 6.47. The molecule has 0 aromatic rings. The van der Waals surface area contributed by atoms with Crippen LogP contribution in [-0.4, -0.2) is 31.8 Å². The zero-order chi connectivity index (χ0) is 12.5. The van der Waals surface area contributed by atoms with E-state index < -0.39 is 0 Å². The first-order valence-corrected chi connectivity index (χ1v) is 6.47. The largest absolute Gasteiger partial charge is 0.375 e. The van der Waals surface area contributed by atoms with Gasteiger partial charge >= 0.3 is 0 Å². The molecule has 0 spiro atoms. The molecular formula is C13H25N3O. The van der Waals surface area contributed by atoms with Crippen molar-refractivity contribution in [3.05, 3.63) is 12.2 Å². The van der Waals surface area contributed by atoms with Gasteiger partial charge in [0.05, 0.1) is 19.8 Å². The second-order valence-electron chi connectivity index (χ2n) is 4.76. The lowest BCUT2D eigenvalue weighted by atomic mass is 9.96. The molecule has 17 heavy (non-hydrogen) atoms. The molecule has 4 nitrogen and oxygen atoms in total. The monoisotopic (exact) mass is 239 g/mol. The van der Waals surface area contributed by atoms with Crippen LogP contribution in [0.3, 0.4) is 0 Å². The fraction of sp³-hybridized carbons (Fsp3) is 0.769. The molecule has 4 heteroatoms. The summed E-state index contributed by atoms with van der Waals surface area (Å²) in [6, 6.07) is 0.517. The Morgan fingerprint density at radius 2 is 2.12 bits per heavy atom. The molecule has 98 valence electrons. The van der Waals surface area contributed by atoms with Crippen molar-refractivity contribution in [2.75, 3.05) is 19.8 Å². The fourth-order valence-electron chi connectivity index (χ4n) is 1.98. The number of guanidine groups is 1. The van der Waals surface area contributed by atoms with Gasteiger partial charge in [0.25, 0.3) is 0 Å². The Bertz CT molecular complexity index is 257. The van der Waals surface area contributed by atoms with Crippen LogP contribution in [-0.2, 0) is 4.74 Å². The van der Waals surface area contributed by atoms with Crippen LogP contribution in [0.25, 0.3) is 0 Å². The van der Waals surface area contributed by atoms with Gasteiger partial charge in [-0.25, -0.2) is 0 Å². The highest BCUT2D eigenvalue weighted by molar-refractivity contribution is 5.78. The molecule has 1 aliphatic rings. The first kappa shape index (κ1) is 14.0. The smallest absolute Gasteiger partial charge is 0.188 e. The number of aliphatic imine (C=N–C) groups is 1. The van der Waals surface area contributed by atoms with Crippen LogP contribution in [0.4, 0.5) is 0 Å². The maximum Gasteiger partial charge on any atom is 0.188 e. The molecule has 0 aromatic heterocycles. The molecule has 0 aliphatic heterocycles. The van der Waals surface area contributed by atoms with E-state index in [1.165, 1.54) is 32.1 Å². The minimum absolute atomic E-state index is 0.517. The molecule has 0 unspecified atom stereocenters. The minimum atomic E-state index is 0.517. The molecule has 1 aliphatic carbocycles. The summed E-state index contributed by atoms with van der Waals surface area (Å²) in [6.07, 6.45) is 6.37. The Balaban J connectivity index is 2.09. The van der Waals surface area contributed by atoms with Crippen LogP contribution in [0, 0.1) is 0 Å². The van der Waals surface area contributed by atoms with Crippen LogP contribution in [0.2, 0.25) is 0 Å². The topological polar surface area (TPSA) is 59.6 Å². The zero-order valence-corrected chi connectivity index (χ0v) is 10.9. The van der Waals surface area contributed by atoms with E-state index in [9.17, 15) is 0 Å². The highest BCUT2D eigenvalue weighted by atomic mass is 16.5.